The van der Waals surface area contributed by atoms with Crippen molar-refractivity contribution in [3.8, 4) is 0 Å². The third-order valence-corrected chi connectivity index (χ3v) is 4.31. The number of nitrogens with one attached hydrogen (secondary N) is 1. The Labute approximate surface area is 126 Å². The van der Waals surface area contributed by atoms with Gasteiger partial charge in [0.1, 0.15) is 10.7 Å². The van der Waals surface area contributed by atoms with Gasteiger partial charge in [-0.2, -0.15) is 5.10 Å². The van der Waals surface area contributed by atoms with Crippen LogP contribution in [0.1, 0.15) is 45.3 Å². The van der Waals surface area contributed by atoms with Crippen LogP contribution in [0.3, 0.4) is 0 Å². The Morgan fingerprint density at radius 1 is 1.33 bits per heavy atom. The minimum atomic E-state index is -1.04. The quantitative estimate of drug-likeness (QED) is 0.889. The van der Waals surface area contributed by atoms with Gasteiger partial charge < -0.3 is 10.4 Å². The highest BCUT2D eigenvalue weighted by Gasteiger charge is 2.19. The van der Waals surface area contributed by atoms with Crippen LogP contribution in [0.15, 0.2) is 12.1 Å². The van der Waals surface area contributed by atoms with Gasteiger partial charge in [0.15, 0.2) is 0 Å². The third-order valence-electron chi connectivity index (χ3n) is 3.11. The van der Waals surface area contributed by atoms with Crippen molar-refractivity contribution in [2.75, 3.05) is 5.32 Å². The van der Waals surface area contributed by atoms with E-state index in [1.54, 1.807) is 19.2 Å². The van der Waals surface area contributed by atoms with Crippen molar-refractivity contribution < 1.29 is 14.7 Å². The molecule has 1 amide bonds. The summed E-state index contributed by atoms with van der Waals surface area (Å²) in [7, 11) is 1.69. The van der Waals surface area contributed by atoms with Crippen molar-refractivity contribution in [3.63, 3.8) is 0 Å². The predicted octanol–water partition coefficient (Wildman–Crippen LogP) is 2.56. The van der Waals surface area contributed by atoms with Gasteiger partial charge in [0.05, 0.1) is 11.3 Å². The number of carbonyl (C=O) groups is 2. The number of nitrogens with zero attached hydrogens (tertiary/aromatic N) is 2. The second-order valence-electron chi connectivity index (χ2n) is 4.57. The Morgan fingerprint density at radius 3 is 2.57 bits per heavy atom. The van der Waals surface area contributed by atoms with Crippen molar-refractivity contribution >= 4 is 28.2 Å². The van der Waals surface area contributed by atoms with Crippen LogP contribution < -0.4 is 5.32 Å². The average molecular weight is 307 g/mol. The number of rotatable bonds is 5. The maximum absolute atomic E-state index is 12.3. The van der Waals surface area contributed by atoms with E-state index in [9.17, 15) is 14.7 Å². The number of hydrogen-bond donors (Lipinski definition) is 2. The first kappa shape index (κ1) is 15.2. The smallest absolute Gasteiger partial charge is 0.338 e. The summed E-state index contributed by atoms with van der Waals surface area (Å²) in [4.78, 5) is 24.4. The number of hydrogen-bond acceptors (Lipinski definition) is 4. The molecule has 0 saturated carbocycles. The van der Waals surface area contributed by atoms with Gasteiger partial charge in [-0.15, -0.1) is 11.3 Å². The standard InChI is InChI=1S/C14H17N3O3S/c1-4-8-6-11(17(3)16-8)12(18)15-13-10(14(19)20)7-9(5-2)21-13/h6-7H,4-5H2,1-3H3,(H,15,18)(H,19,20). The van der Waals surface area contributed by atoms with Crippen LogP contribution in [-0.2, 0) is 19.9 Å². The first-order valence-corrected chi connectivity index (χ1v) is 7.48. The minimum Gasteiger partial charge on any atom is -0.478 e. The highest BCUT2D eigenvalue weighted by Crippen LogP contribution is 2.29. The Morgan fingerprint density at radius 2 is 2.05 bits per heavy atom. The van der Waals surface area contributed by atoms with Crippen LogP contribution >= 0.6 is 11.3 Å². The monoisotopic (exact) mass is 307 g/mol. The lowest BCUT2D eigenvalue weighted by atomic mass is 10.2. The maximum Gasteiger partial charge on any atom is 0.338 e. The molecule has 0 aromatic carbocycles. The van der Waals surface area contributed by atoms with E-state index >= 15 is 0 Å². The number of aryl methyl sites for hydroxylation is 3. The fraction of sp³-hybridized carbons (Fsp3) is 0.357. The van der Waals surface area contributed by atoms with E-state index in [1.807, 2.05) is 13.8 Å². The topological polar surface area (TPSA) is 84.2 Å². The second-order valence-corrected chi connectivity index (χ2v) is 5.70. The zero-order chi connectivity index (χ0) is 15.6. The van der Waals surface area contributed by atoms with Gasteiger partial charge in [-0.3, -0.25) is 9.48 Å². The molecule has 0 unspecified atom stereocenters. The van der Waals surface area contributed by atoms with Crippen molar-refractivity contribution in [3.05, 3.63) is 34.0 Å². The minimum absolute atomic E-state index is 0.128. The van der Waals surface area contributed by atoms with Gasteiger partial charge in [0.2, 0.25) is 0 Å². The highest BCUT2D eigenvalue weighted by molar-refractivity contribution is 7.16. The molecule has 0 spiro atoms. The number of carbonyl (C=O) groups excluding carboxylic acids is 1. The molecule has 0 aliphatic carbocycles. The van der Waals surface area contributed by atoms with Gasteiger partial charge in [-0.25, -0.2) is 4.79 Å². The number of carboxylic acid groups (broad SMARTS) is 1. The van der Waals surface area contributed by atoms with Gasteiger partial charge in [-0.1, -0.05) is 13.8 Å². The summed E-state index contributed by atoms with van der Waals surface area (Å²) in [6.45, 7) is 3.90. The zero-order valence-corrected chi connectivity index (χ0v) is 13.0. The van der Waals surface area contributed by atoms with E-state index in [2.05, 4.69) is 10.4 Å². The summed E-state index contributed by atoms with van der Waals surface area (Å²) in [6, 6.07) is 3.31. The number of aromatic nitrogens is 2. The van der Waals surface area contributed by atoms with Gasteiger partial charge in [-0.05, 0) is 25.0 Å². The van der Waals surface area contributed by atoms with Crippen molar-refractivity contribution in [2.24, 2.45) is 7.05 Å². The van der Waals surface area contributed by atoms with Gasteiger partial charge in [0, 0.05) is 11.9 Å². The normalized spacial score (nSPS) is 10.6. The van der Waals surface area contributed by atoms with Crippen LogP contribution in [0.2, 0.25) is 0 Å². The average Bonchev–Trinajstić information content (AvgIpc) is 3.02. The molecule has 0 radical (unpaired) electrons. The number of carboxylic acids is 1. The van der Waals surface area contributed by atoms with Crippen LogP contribution in [0.25, 0.3) is 0 Å². The summed E-state index contributed by atoms with van der Waals surface area (Å²) in [5, 5.41) is 16.4. The summed E-state index contributed by atoms with van der Waals surface area (Å²) in [6.07, 6.45) is 1.47. The fourth-order valence-corrected chi connectivity index (χ4v) is 2.93. The van der Waals surface area contributed by atoms with E-state index in [0.29, 0.717) is 10.7 Å². The van der Waals surface area contributed by atoms with E-state index in [4.69, 9.17) is 0 Å². The number of anilines is 1. The van der Waals surface area contributed by atoms with Crippen LogP contribution in [0.4, 0.5) is 5.00 Å². The molecule has 0 aliphatic heterocycles. The second kappa shape index (κ2) is 6.09. The molecule has 7 heteroatoms. The molecular weight excluding hydrogens is 290 g/mol. The molecule has 0 aliphatic rings. The van der Waals surface area contributed by atoms with Crippen molar-refractivity contribution in [2.45, 2.75) is 26.7 Å². The molecule has 21 heavy (non-hydrogen) atoms. The Balaban J connectivity index is 2.28. The van der Waals surface area contributed by atoms with Gasteiger partial charge in [0.25, 0.3) is 5.91 Å². The molecule has 0 saturated heterocycles. The highest BCUT2D eigenvalue weighted by atomic mass is 32.1. The SMILES string of the molecule is CCc1cc(C(=O)Nc2sc(CC)cc2C(=O)O)n(C)n1. The molecule has 0 fully saturated rings. The Kier molecular flexibility index (Phi) is 4.42. The maximum atomic E-state index is 12.3. The molecule has 0 atom stereocenters. The molecule has 2 aromatic rings. The molecule has 2 aromatic heterocycles. The van der Waals surface area contributed by atoms with Crippen LogP contribution in [0.5, 0.6) is 0 Å². The Bertz CT molecular complexity index is 688. The van der Waals surface area contributed by atoms with E-state index < -0.39 is 5.97 Å². The summed E-state index contributed by atoms with van der Waals surface area (Å²) >= 11 is 1.29. The largest absolute Gasteiger partial charge is 0.478 e. The van der Waals surface area contributed by atoms with Crippen LogP contribution in [-0.4, -0.2) is 26.8 Å². The lowest BCUT2D eigenvalue weighted by molar-refractivity contribution is 0.0698. The van der Waals surface area contributed by atoms with Crippen molar-refractivity contribution in [1.82, 2.24) is 9.78 Å². The molecule has 2 heterocycles. The zero-order valence-electron chi connectivity index (χ0n) is 12.1. The van der Waals surface area contributed by atoms with E-state index in [-0.39, 0.29) is 11.5 Å². The van der Waals surface area contributed by atoms with Crippen molar-refractivity contribution in [1.29, 1.82) is 0 Å². The number of thiophene rings is 1. The molecule has 0 bridgehead atoms. The summed E-state index contributed by atoms with van der Waals surface area (Å²) < 4.78 is 1.50. The number of amides is 1. The fourth-order valence-electron chi connectivity index (χ4n) is 1.95. The molecule has 112 valence electrons. The lowest BCUT2D eigenvalue weighted by Gasteiger charge is -2.04. The lowest BCUT2D eigenvalue weighted by Crippen LogP contribution is -2.16. The van der Waals surface area contributed by atoms with E-state index in [1.165, 1.54) is 16.0 Å². The third kappa shape index (κ3) is 3.13. The first-order valence-electron chi connectivity index (χ1n) is 6.66. The van der Waals surface area contributed by atoms with E-state index in [0.717, 1.165) is 23.4 Å². The summed E-state index contributed by atoms with van der Waals surface area (Å²) in [5.41, 5.74) is 1.36. The molecule has 2 rings (SSSR count). The molecular formula is C14H17N3O3S. The molecule has 2 N–H and O–H groups in total. The molecule has 6 nitrogen and oxygen atoms in total. The Hall–Kier alpha value is -2.15. The summed E-state index contributed by atoms with van der Waals surface area (Å²) in [5.74, 6) is -1.39. The van der Waals surface area contributed by atoms with Crippen LogP contribution in [0, 0.1) is 0 Å². The first-order chi connectivity index (χ1) is 9.96. The predicted molar refractivity (Wildman–Crippen MR) is 81.2 cm³/mol. The van der Waals surface area contributed by atoms with Gasteiger partial charge >= 0.3 is 5.97 Å². The number of aromatic carboxylic acids is 1.